The summed E-state index contributed by atoms with van der Waals surface area (Å²) in [5.74, 6) is 0.177. The average Bonchev–Trinajstić information content (AvgIpc) is 3.04. The van der Waals surface area contributed by atoms with Crippen LogP contribution in [0.3, 0.4) is 0 Å². The number of carbonyl (C=O) groups is 3. The molecule has 1 unspecified atom stereocenters. The lowest BCUT2D eigenvalue weighted by molar-refractivity contribution is -0.123. The number of anilines is 2. The Labute approximate surface area is 277 Å². The minimum Gasteiger partial charge on any atom is -0.484 e. The van der Waals surface area contributed by atoms with E-state index in [1.165, 1.54) is 0 Å². The van der Waals surface area contributed by atoms with Crippen molar-refractivity contribution < 1.29 is 19.1 Å². The Morgan fingerprint density at radius 1 is 0.851 bits per heavy atom. The van der Waals surface area contributed by atoms with Crippen LogP contribution in [0.15, 0.2) is 97.1 Å². The molecular formula is C39H44N4O4. The molecule has 0 saturated carbocycles. The number of hydrogen-bond acceptors (Lipinski definition) is 5. The number of rotatable bonds is 10. The second-order valence-electron chi connectivity index (χ2n) is 13.3. The third-order valence-electron chi connectivity index (χ3n) is 8.79. The Morgan fingerprint density at radius 2 is 1.51 bits per heavy atom. The SMILES string of the molecule is CC(=O)N1c2ccc(NC(=O)c3ccc(-c4ccccc4)cc3)cc2C(C)(c2ccc(OCC(=O)NCCN(C)C)cc2)CC1(C)C. The zero-order valence-electron chi connectivity index (χ0n) is 28.1. The van der Waals surface area contributed by atoms with E-state index in [-0.39, 0.29) is 24.3 Å². The fourth-order valence-corrected chi connectivity index (χ4v) is 6.66. The van der Waals surface area contributed by atoms with Gasteiger partial charge in [-0.2, -0.15) is 0 Å². The van der Waals surface area contributed by atoms with Gasteiger partial charge in [-0.3, -0.25) is 14.4 Å². The lowest BCUT2D eigenvalue weighted by Crippen LogP contribution is -2.55. The molecule has 1 aliphatic heterocycles. The highest BCUT2D eigenvalue weighted by Crippen LogP contribution is 2.51. The van der Waals surface area contributed by atoms with Crippen LogP contribution in [0.1, 0.15) is 55.6 Å². The zero-order valence-corrected chi connectivity index (χ0v) is 28.1. The number of hydrogen-bond donors (Lipinski definition) is 2. The Morgan fingerprint density at radius 3 is 2.15 bits per heavy atom. The molecule has 0 aromatic heterocycles. The average molecular weight is 633 g/mol. The number of ether oxygens (including phenoxy) is 1. The van der Waals surface area contributed by atoms with E-state index in [0.29, 0.717) is 30.0 Å². The molecule has 0 saturated heterocycles. The van der Waals surface area contributed by atoms with Crippen LogP contribution in [-0.2, 0) is 15.0 Å². The molecule has 8 heteroatoms. The van der Waals surface area contributed by atoms with Crippen LogP contribution in [-0.4, -0.2) is 62.0 Å². The quantitative estimate of drug-likeness (QED) is 0.208. The van der Waals surface area contributed by atoms with Gasteiger partial charge in [0.15, 0.2) is 6.61 Å². The number of benzene rings is 4. The predicted octanol–water partition coefficient (Wildman–Crippen LogP) is 6.50. The molecule has 244 valence electrons. The van der Waals surface area contributed by atoms with E-state index in [1.54, 1.807) is 6.92 Å². The van der Waals surface area contributed by atoms with Gasteiger partial charge in [0, 0.05) is 47.9 Å². The molecule has 5 rings (SSSR count). The van der Waals surface area contributed by atoms with Gasteiger partial charge < -0.3 is 25.2 Å². The molecule has 0 spiro atoms. The van der Waals surface area contributed by atoms with E-state index in [1.807, 2.05) is 121 Å². The van der Waals surface area contributed by atoms with Gasteiger partial charge in [0.2, 0.25) is 5.91 Å². The summed E-state index contributed by atoms with van der Waals surface area (Å²) in [5, 5.41) is 5.93. The maximum Gasteiger partial charge on any atom is 0.257 e. The number of amides is 3. The minimum absolute atomic E-state index is 0.0406. The maximum atomic E-state index is 13.4. The fraction of sp³-hybridized carbons (Fsp3) is 0.308. The van der Waals surface area contributed by atoms with E-state index in [9.17, 15) is 14.4 Å². The molecule has 47 heavy (non-hydrogen) atoms. The van der Waals surface area contributed by atoms with Gasteiger partial charge in [-0.25, -0.2) is 0 Å². The molecule has 8 nitrogen and oxygen atoms in total. The van der Waals surface area contributed by atoms with Gasteiger partial charge in [-0.1, -0.05) is 61.5 Å². The maximum absolute atomic E-state index is 13.4. The van der Waals surface area contributed by atoms with Crippen molar-refractivity contribution in [3.63, 3.8) is 0 Å². The van der Waals surface area contributed by atoms with Crippen LogP contribution < -0.4 is 20.3 Å². The number of nitrogens with zero attached hydrogens (tertiary/aromatic N) is 2. The van der Waals surface area contributed by atoms with Crippen LogP contribution in [0, 0.1) is 0 Å². The third kappa shape index (κ3) is 7.55. The Hall–Kier alpha value is -4.95. The molecule has 4 aromatic rings. The summed E-state index contributed by atoms with van der Waals surface area (Å²) in [5.41, 5.74) is 5.16. The van der Waals surface area contributed by atoms with Gasteiger partial charge >= 0.3 is 0 Å². The van der Waals surface area contributed by atoms with Gasteiger partial charge in [-0.15, -0.1) is 0 Å². The summed E-state index contributed by atoms with van der Waals surface area (Å²) in [4.78, 5) is 42.4. The van der Waals surface area contributed by atoms with Gasteiger partial charge in [0.25, 0.3) is 11.8 Å². The Bertz CT molecular complexity index is 1730. The number of likely N-dealkylation sites (N-methyl/N-ethyl adjacent to an activating group) is 1. The van der Waals surface area contributed by atoms with Crippen molar-refractivity contribution in [2.24, 2.45) is 0 Å². The molecule has 1 aliphatic rings. The van der Waals surface area contributed by atoms with Crippen LogP contribution >= 0.6 is 0 Å². The second-order valence-corrected chi connectivity index (χ2v) is 13.3. The highest BCUT2D eigenvalue weighted by Gasteiger charge is 2.47. The molecule has 1 atom stereocenters. The highest BCUT2D eigenvalue weighted by atomic mass is 16.5. The molecule has 4 aromatic carbocycles. The van der Waals surface area contributed by atoms with Crippen molar-refractivity contribution >= 4 is 29.1 Å². The fourth-order valence-electron chi connectivity index (χ4n) is 6.66. The standard InChI is InChI=1S/C39H44N4O4/c1-27(44)43-35-21-18-32(41-37(46)30-14-12-29(13-15-30)28-10-8-7-9-11-28)24-34(35)39(4,26-38(43,2)3)31-16-19-33(20-17-31)47-25-36(45)40-22-23-42(5)6/h7-21,24H,22-23,25-26H2,1-6H3,(H,40,45)(H,41,46). The first kappa shape index (κ1) is 33.4. The van der Waals surface area contributed by atoms with E-state index < -0.39 is 11.0 Å². The van der Waals surface area contributed by atoms with Crippen LogP contribution in [0.5, 0.6) is 5.75 Å². The number of fused-ring (bicyclic) bond motifs is 1. The van der Waals surface area contributed by atoms with Crippen LogP contribution in [0.25, 0.3) is 11.1 Å². The second kappa shape index (κ2) is 13.8. The molecule has 0 aliphatic carbocycles. The summed E-state index contributed by atoms with van der Waals surface area (Å²) < 4.78 is 5.77. The molecule has 2 N–H and O–H groups in total. The topological polar surface area (TPSA) is 91.0 Å². The summed E-state index contributed by atoms with van der Waals surface area (Å²) >= 11 is 0. The highest BCUT2D eigenvalue weighted by molar-refractivity contribution is 6.05. The van der Waals surface area contributed by atoms with Crippen molar-refractivity contribution in [1.29, 1.82) is 0 Å². The smallest absolute Gasteiger partial charge is 0.257 e. The normalized spacial score (nSPS) is 16.7. The predicted molar refractivity (Wildman–Crippen MR) is 188 cm³/mol. The monoisotopic (exact) mass is 632 g/mol. The first-order chi connectivity index (χ1) is 22.4. The van der Waals surface area contributed by atoms with E-state index in [4.69, 9.17) is 4.74 Å². The van der Waals surface area contributed by atoms with Gasteiger partial charge in [0.1, 0.15) is 5.75 Å². The zero-order chi connectivity index (χ0) is 33.8. The van der Waals surface area contributed by atoms with Crippen molar-refractivity contribution in [2.45, 2.75) is 45.1 Å². The molecule has 0 bridgehead atoms. The lowest BCUT2D eigenvalue weighted by atomic mass is 9.65. The summed E-state index contributed by atoms with van der Waals surface area (Å²) in [7, 11) is 3.91. The Kier molecular flexibility index (Phi) is 9.82. The number of carbonyl (C=O) groups excluding carboxylic acids is 3. The summed E-state index contributed by atoms with van der Waals surface area (Å²) in [6.07, 6.45) is 0.652. The van der Waals surface area contributed by atoms with Gasteiger partial charge in [0.05, 0.1) is 0 Å². The van der Waals surface area contributed by atoms with Crippen molar-refractivity contribution in [1.82, 2.24) is 10.2 Å². The number of nitrogens with one attached hydrogen (secondary N) is 2. The van der Waals surface area contributed by atoms with Crippen molar-refractivity contribution in [3.8, 4) is 16.9 Å². The molecule has 0 radical (unpaired) electrons. The molecular weight excluding hydrogens is 588 g/mol. The van der Waals surface area contributed by atoms with E-state index in [0.717, 1.165) is 34.5 Å². The molecule has 1 heterocycles. The summed E-state index contributed by atoms with van der Waals surface area (Å²) in [6.45, 7) is 9.17. The third-order valence-corrected chi connectivity index (χ3v) is 8.79. The van der Waals surface area contributed by atoms with E-state index >= 15 is 0 Å². The first-order valence-electron chi connectivity index (χ1n) is 15.9. The molecule has 3 amide bonds. The lowest BCUT2D eigenvalue weighted by Gasteiger charge is -2.51. The van der Waals surface area contributed by atoms with Gasteiger partial charge in [-0.05, 0) is 99.1 Å². The minimum atomic E-state index is -0.495. The van der Waals surface area contributed by atoms with Crippen LogP contribution in [0.2, 0.25) is 0 Å². The van der Waals surface area contributed by atoms with Crippen LogP contribution in [0.4, 0.5) is 11.4 Å². The first-order valence-corrected chi connectivity index (χ1v) is 15.9. The van der Waals surface area contributed by atoms with Crippen molar-refractivity contribution in [2.75, 3.05) is 44.0 Å². The largest absolute Gasteiger partial charge is 0.484 e. The molecule has 0 fully saturated rings. The summed E-state index contributed by atoms with van der Waals surface area (Å²) in [6, 6.07) is 31.2. The van der Waals surface area contributed by atoms with E-state index in [2.05, 4.69) is 31.4 Å². The van der Waals surface area contributed by atoms with Crippen molar-refractivity contribution in [3.05, 3.63) is 114 Å². The Balaban J connectivity index is 1.39.